The molecule has 0 atom stereocenters. The van der Waals surface area contributed by atoms with Gasteiger partial charge in [-0.3, -0.25) is 4.99 Å². The molecule has 0 saturated heterocycles. The molecule has 0 aliphatic rings. The summed E-state index contributed by atoms with van der Waals surface area (Å²) in [6, 6.07) is 16.0. The van der Waals surface area contributed by atoms with Gasteiger partial charge in [0.2, 0.25) is 0 Å². The second kappa shape index (κ2) is 11.2. The molecule has 0 saturated carbocycles. The van der Waals surface area contributed by atoms with E-state index >= 15 is 0 Å². The number of ether oxygens (including phenoxy) is 3. The highest BCUT2D eigenvalue weighted by Gasteiger charge is 2.01. The molecule has 26 heavy (non-hydrogen) atoms. The van der Waals surface area contributed by atoms with Gasteiger partial charge in [-0.15, -0.1) is 0 Å². The van der Waals surface area contributed by atoms with Gasteiger partial charge in [0.05, 0.1) is 27.4 Å². The number of aliphatic imine (C=N–C) groups is 1. The van der Waals surface area contributed by atoms with Crippen molar-refractivity contribution in [2.45, 2.75) is 26.4 Å². The molecule has 1 N–H and O–H groups in total. The lowest BCUT2D eigenvalue weighted by Gasteiger charge is -2.09. The fourth-order valence-electron chi connectivity index (χ4n) is 2.45. The third kappa shape index (κ3) is 6.76. The summed E-state index contributed by atoms with van der Waals surface area (Å²) in [5, 5.41) is 3.42. The predicted octanol–water partition coefficient (Wildman–Crippen LogP) is 3.82. The Morgan fingerprint density at radius 1 is 0.885 bits per heavy atom. The number of nitrogens with one attached hydrogen (secondary N) is 1. The fourth-order valence-corrected chi connectivity index (χ4v) is 2.45. The van der Waals surface area contributed by atoms with E-state index in [9.17, 15) is 0 Å². The van der Waals surface area contributed by atoms with Crippen LogP contribution in [0.1, 0.15) is 24.5 Å². The Morgan fingerprint density at radius 3 is 2.00 bits per heavy atom. The smallest absolute Gasteiger partial charge is 0.184 e. The lowest BCUT2D eigenvalue weighted by molar-refractivity contribution is 0.314. The first-order valence-electron chi connectivity index (χ1n) is 8.87. The van der Waals surface area contributed by atoms with Gasteiger partial charge in [-0.1, -0.05) is 24.3 Å². The van der Waals surface area contributed by atoms with Crippen molar-refractivity contribution in [2.24, 2.45) is 4.99 Å². The summed E-state index contributed by atoms with van der Waals surface area (Å²) < 4.78 is 16.0. The first-order chi connectivity index (χ1) is 12.7. The molecule has 0 fully saturated rings. The van der Waals surface area contributed by atoms with Crippen LogP contribution in [-0.2, 0) is 17.8 Å². The molecule has 0 heterocycles. The van der Waals surface area contributed by atoms with E-state index in [2.05, 4.69) is 22.4 Å². The Balaban J connectivity index is 1.78. The predicted molar refractivity (Wildman–Crippen MR) is 105 cm³/mol. The van der Waals surface area contributed by atoms with E-state index < -0.39 is 0 Å². The van der Waals surface area contributed by atoms with E-state index in [0.717, 1.165) is 42.5 Å². The highest BCUT2D eigenvalue weighted by Crippen LogP contribution is 2.12. The summed E-state index contributed by atoms with van der Waals surface area (Å²) in [5.41, 5.74) is 2.35. The van der Waals surface area contributed by atoms with Gasteiger partial charge in [0, 0.05) is 19.5 Å². The van der Waals surface area contributed by atoms with E-state index in [0.29, 0.717) is 13.2 Å². The van der Waals surface area contributed by atoms with Gasteiger partial charge in [0.25, 0.3) is 0 Å². The van der Waals surface area contributed by atoms with E-state index in [1.165, 1.54) is 5.56 Å². The number of nitrogens with zero attached hydrogens (tertiary/aromatic N) is 1. The molecule has 0 unspecified atom stereocenters. The summed E-state index contributed by atoms with van der Waals surface area (Å²) in [4.78, 5) is 4.60. The second-order valence-electron chi connectivity index (χ2n) is 5.77. The summed E-state index contributed by atoms with van der Waals surface area (Å²) in [5.74, 6) is 2.51. The Morgan fingerprint density at radius 2 is 1.46 bits per heavy atom. The van der Waals surface area contributed by atoms with Crippen LogP contribution in [0.15, 0.2) is 53.5 Å². The standard InChI is InChI=1S/C21H28N2O3/c1-4-26-21(23-16-18-7-11-20(25-3)12-8-18)13-14-22-15-17-5-9-19(24-2)10-6-17/h5-12,22H,4,13-16H2,1-3H3. The molecule has 2 aromatic rings. The number of hydrogen-bond donors (Lipinski definition) is 1. The number of methoxy groups -OCH3 is 2. The van der Waals surface area contributed by atoms with Crippen LogP contribution in [0.3, 0.4) is 0 Å². The normalized spacial score (nSPS) is 11.3. The lowest BCUT2D eigenvalue weighted by atomic mass is 10.2. The molecular weight excluding hydrogens is 328 g/mol. The summed E-state index contributed by atoms with van der Waals surface area (Å²) in [6.07, 6.45) is 0.764. The number of hydrogen-bond acceptors (Lipinski definition) is 5. The highest BCUT2D eigenvalue weighted by molar-refractivity contribution is 5.76. The Hall–Kier alpha value is -2.53. The summed E-state index contributed by atoms with van der Waals surface area (Å²) in [7, 11) is 3.34. The number of benzene rings is 2. The minimum atomic E-state index is 0.609. The molecule has 2 rings (SSSR count). The molecule has 0 aliphatic heterocycles. The molecule has 5 nitrogen and oxygen atoms in total. The molecular formula is C21H28N2O3. The van der Waals surface area contributed by atoms with Gasteiger partial charge < -0.3 is 19.5 Å². The van der Waals surface area contributed by atoms with Crippen LogP contribution in [0.25, 0.3) is 0 Å². The summed E-state index contributed by atoms with van der Waals surface area (Å²) in [6.45, 7) is 4.83. The zero-order chi connectivity index (χ0) is 18.6. The zero-order valence-corrected chi connectivity index (χ0v) is 15.8. The van der Waals surface area contributed by atoms with E-state index in [-0.39, 0.29) is 0 Å². The van der Waals surface area contributed by atoms with Crippen molar-refractivity contribution in [1.29, 1.82) is 0 Å². The molecule has 0 aliphatic carbocycles. The minimum absolute atomic E-state index is 0.609. The Bertz CT molecular complexity index is 667. The molecule has 0 bridgehead atoms. The van der Waals surface area contributed by atoms with Crippen LogP contribution in [0.4, 0.5) is 0 Å². The first kappa shape index (κ1) is 19.8. The van der Waals surface area contributed by atoms with Crippen LogP contribution >= 0.6 is 0 Å². The lowest BCUT2D eigenvalue weighted by Crippen LogP contribution is -2.19. The molecule has 0 radical (unpaired) electrons. The molecule has 2 aromatic carbocycles. The molecule has 0 amide bonds. The third-order valence-corrected chi connectivity index (χ3v) is 3.91. The van der Waals surface area contributed by atoms with Gasteiger partial charge in [-0.25, -0.2) is 0 Å². The van der Waals surface area contributed by atoms with Crippen molar-refractivity contribution in [3.63, 3.8) is 0 Å². The van der Waals surface area contributed by atoms with Crippen molar-refractivity contribution in [3.05, 3.63) is 59.7 Å². The highest BCUT2D eigenvalue weighted by atomic mass is 16.5. The van der Waals surface area contributed by atoms with Gasteiger partial charge >= 0.3 is 0 Å². The van der Waals surface area contributed by atoms with E-state index in [1.54, 1.807) is 14.2 Å². The molecule has 5 heteroatoms. The van der Waals surface area contributed by atoms with Crippen LogP contribution in [0, 0.1) is 0 Å². The van der Waals surface area contributed by atoms with Crippen molar-refractivity contribution < 1.29 is 14.2 Å². The topological polar surface area (TPSA) is 52.1 Å². The Kier molecular flexibility index (Phi) is 8.49. The van der Waals surface area contributed by atoms with Gasteiger partial charge in [-0.05, 0) is 42.3 Å². The quantitative estimate of drug-likeness (QED) is 0.399. The van der Waals surface area contributed by atoms with Gasteiger partial charge in [0.15, 0.2) is 5.90 Å². The Labute approximate surface area is 156 Å². The minimum Gasteiger partial charge on any atom is -0.497 e. The van der Waals surface area contributed by atoms with E-state index in [1.807, 2.05) is 43.3 Å². The maximum Gasteiger partial charge on any atom is 0.184 e. The molecule has 140 valence electrons. The first-order valence-corrected chi connectivity index (χ1v) is 8.87. The van der Waals surface area contributed by atoms with Gasteiger partial charge in [0.1, 0.15) is 11.5 Å². The second-order valence-corrected chi connectivity index (χ2v) is 5.77. The largest absolute Gasteiger partial charge is 0.497 e. The third-order valence-electron chi connectivity index (χ3n) is 3.91. The SMILES string of the molecule is CCOC(CCNCc1ccc(OC)cc1)=NCc1ccc(OC)cc1. The van der Waals surface area contributed by atoms with Crippen LogP contribution in [-0.4, -0.2) is 33.3 Å². The maximum absolute atomic E-state index is 5.66. The average Bonchev–Trinajstić information content (AvgIpc) is 2.70. The zero-order valence-electron chi connectivity index (χ0n) is 15.8. The van der Waals surface area contributed by atoms with E-state index in [4.69, 9.17) is 14.2 Å². The van der Waals surface area contributed by atoms with Crippen molar-refractivity contribution >= 4 is 5.90 Å². The van der Waals surface area contributed by atoms with Crippen LogP contribution in [0.5, 0.6) is 11.5 Å². The summed E-state index contributed by atoms with van der Waals surface area (Å²) >= 11 is 0. The van der Waals surface area contributed by atoms with Crippen LogP contribution < -0.4 is 14.8 Å². The van der Waals surface area contributed by atoms with Crippen molar-refractivity contribution in [3.8, 4) is 11.5 Å². The maximum atomic E-state index is 5.66. The molecule has 0 aromatic heterocycles. The average molecular weight is 356 g/mol. The van der Waals surface area contributed by atoms with Crippen molar-refractivity contribution in [2.75, 3.05) is 27.4 Å². The monoisotopic (exact) mass is 356 g/mol. The molecule has 0 spiro atoms. The van der Waals surface area contributed by atoms with Crippen LogP contribution in [0.2, 0.25) is 0 Å². The van der Waals surface area contributed by atoms with Crippen molar-refractivity contribution in [1.82, 2.24) is 5.32 Å². The number of rotatable bonds is 10. The fraction of sp³-hybridized carbons (Fsp3) is 0.381. The van der Waals surface area contributed by atoms with Gasteiger partial charge in [-0.2, -0.15) is 0 Å².